The maximum Gasteiger partial charge on any atom is 0.348 e. The molecule has 17 heavy (non-hydrogen) atoms. The van der Waals surface area contributed by atoms with Crippen LogP contribution in [0.25, 0.3) is 0 Å². The van der Waals surface area contributed by atoms with Gasteiger partial charge in [0.25, 0.3) is 0 Å². The quantitative estimate of drug-likeness (QED) is 0.352. The van der Waals surface area contributed by atoms with Crippen LogP contribution >= 0.6 is 11.8 Å². The van der Waals surface area contributed by atoms with Crippen LogP contribution in [0.15, 0.2) is 10.6 Å². The molecular weight excluding hydrogens is 242 g/mol. The normalized spacial score (nSPS) is 14.8. The Hall–Kier alpha value is -1.17. The van der Waals surface area contributed by atoms with Crippen molar-refractivity contribution in [2.45, 2.75) is 20.3 Å². The van der Waals surface area contributed by atoms with E-state index in [1.54, 1.807) is 13.8 Å². The monoisotopic (exact) mass is 259 g/mol. The number of hydrogen-bond acceptors (Lipinski definition) is 6. The zero-order valence-electron chi connectivity index (χ0n) is 10.1. The summed E-state index contributed by atoms with van der Waals surface area (Å²) in [6.45, 7) is 4.63. The van der Waals surface area contributed by atoms with E-state index >= 15 is 0 Å². The first kappa shape index (κ1) is 13.9. The Morgan fingerprint density at radius 3 is 2.24 bits per heavy atom. The molecule has 0 atom stereocenters. The number of ether oxygens (including phenoxy) is 2. The standard InChI is InChI=1S/C11H17NO4S/c1-3-15-10(13)8(11(14)16-4-2)9-12-6-5-7-17-9/h12H,3-7H2,1-2H3. The van der Waals surface area contributed by atoms with Gasteiger partial charge in [0.05, 0.1) is 18.2 Å². The highest BCUT2D eigenvalue weighted by molar-refractivity contribution is 8.03. The molecule has 0 aliphatic carbocycles. The van der Waals surface area contributed by atoms with Crippen molar-refractivity contribution in [3.63, 3.8) is 0 Å². The summed E-state index contributed by atoms with van der Waals surface area (Å²) in [5.41, 5.74) is -0.0154. The van der Waals surface area contributed by atoms with Gasteiger partial charge in [-0.25, -0.2) is 9.59 Å². The lowest BCUT2D eigenvalue weighted by Crippen LogP contribution is -2.28. The van der Waals surface area contributed by atoms with Crippen molar-refractivity contribution in [3.05, 3.63) is 10.6 Å². The average molecular weight is 259 g/mol. The molecule has 6 heteroatoms. The molecule has 1 saturated heterocycles. The van der Waals surface area contributed by atoms with Crippen LogP contribution < -0.4 is 5.32 Å². The Bertz CT molecular complexity index is 299. The third kappa shape index (κ3) is 3.96. The molecule has 0 bridgehead atoms. The summed E-state index contributed by atoms with van der Waals surface area (Å²) in [5.74, 6) is -0.365. The number of hydrogen-bond donors (Lipinski definition) is 1. The van der Waals surface area contributed by atoms with Crippen LogP contribution in [0, 0.1) is 0 Å². The molecule has 1 fully saturated rings. The van der Waals surface area contributed by atoms with Crippen molar-refractivity contribution in [2.24, 2.45) is 0 Å². The molecule has 0 aromatic heterocycles. The second-order valence-electron chi connectivity index (χ2n) is 3.27. The molecule has 0 aromatic carbocycles. The molecule has 96 valence electrons. The molecule has 0 radical (unpaired) electrons. The smallest absolute Gasteiger partial charge is 0.348 e. The predicted octanol–water partition coefficient (Wildman–Crippen LogP) is 1.05. The van der Waals surface area contributed by atoms with Crippen LogP contribution in [0.5, 0.6) is 0 Å². The Morgan fingerprint density at radius 2 is 1.82 bits per heavy atom. The van der Waals surface area contributed by atoms with E-state index in [0.29, 0.717) is 5.03 Å². The highest BCUT2D eigenvalue weighted by atomic mass is 32.2. The van der Waals surface area contributed by atoms with Gasteiger partial charge in [-0.2, -0.15) is 0 Å². The maximum absolute atomic E-state index is 11.7. The average Bonchev–Trinajstić information content (AvgIpc) is 2.31. The zero-order chi connectivity index (χ0) is 12.7. The summed E-state index contributed by atoms with van der Waals surface area (Å²) in [7, 11) is 0. The number of carbonyl (C=O) groups excluding carboxylic acids is 2. The molecule has 0 saturated carbocycles. The molecule has 0 spiro atoms. The van der Waals surface area contributed by atoms with E-state index in [9.17, 15) is 9.59 Å². The first-order chi connectivity index (χ1) is 8.20. The first-order valence-electron chi connectivity index (χ1n) is 5.65. The predicted molar refractivity (Wildman–Crippen MR) is 65.4 cm³/mol. The van der Waals surface area contributed by atoms with Crippen molar-refractivity contribution >= 4 is 23.7 Å². The van der Waals surface area contributed by atoms with Crippen molar-refractivity contribution in [1.29, 1.82) is 0 Å². The summed E-state index contributed by atoms with van der Waals surface area (Å²) >= 11 is 1.45. The Morgan fingerprint density at radius 1 is 1.24 bits per heavy atom. The van der Waals surface area contributed by atoms with E-state index in [1.807, 2.05) is 0 Å². The molecule has 1 aliphatic rings. The molecule has 0 aromatic rings. The second kappa shape index (κ2) is 7.21. The molecule has 5 nitrogen and oxygen atoms in total. The molecule has 0 unspecified atom stereocenters. The van der Waals surface area contributed by atoms with Crippen LogP contribution in [0.2, 0.25) is 0 Å². The molecule has 1 heterocycles. The number of rotatable bonds is 4. The van der Waals surface area contributed by atoms with Gasteiger partial charge in [0.15, 0.2) is 5.57 Å². The maximum atomic E-state index is 11.7. The summed E-state index contributed by atoms with van der Waals surface area (Å²) in [5, 5.41) is 3.60. The number of nitrogens with one attached hydrogen (secondary N) is 1. The van der Waals surface area contributed by atoms with Gasteiger partial charge in [-0.15, -0.1) is 11.8 Å². The van der Waals surface area contributed by atoms with E-state index in [2.05, 4.69) is 5.32 Å². The molecule has 1 rings (SSSR count). The Kier molecular flexibility index (Phi) is 5.90. The minimum atomic E-state index is -0.622. The number of esters is 2. The topological polar surface area (TPSA) is 64.6 Å². The molecule has 1 N–H and O–H groups in total. The summed E-state index contributed by atoms with van der Waals surface area (Å²) in [6, 6.07) is 0. The lowest BCUT2D eigenvalue weighted by Gasteiger charge is -2.18. The van der Waals surface area contributed by atoms with Gasteiger partial charge in [-0.3, -0.25) is 0 Å². The molecule has 0 amide bonds. The second-order valence-corrected chi connectivity index (χ2v) is 4.38. The van der Waals surface area contributed by atoms with Crippen LogP contribution in [-0.2, 0) is 19.1 Å². The van der Waals surface area contributed by atoms with Gasteiger partial charge in [-0.05, 0) is 20.3 Å². The third-order valence-electron chi connectivity index (χ3n) is 2.04. The summed E-state index contributed by atoms with van der Waals surface area (Å²) in [6.07, 6.45) is 1.01. The fourth-order valence-electron chi connectivity index (χ4n) is 1.34. The van der Waals surface area contributed by atoms with Crippen LogP contribution in [-0.4, -0.2) is 37.4 Å². The zero-order valence-corrected chi connectivity index (χ0v) is 10.9. The minimum Gasteiger partial charge on any atom is -0.462 e. The third-order valence-corrected chi connectivity index (χ3v) is 3.17. The molecule has 1 aliphatic heterocycles. The highest BCUT2D eigenvalue weighted by Crippen LogP contribution is 2.23. The van der Waals surface area contributed by atoms with Gasteiger partial charge in [-0.1, -0.05) is 0 Å². The van der Waals surface area contributed by atoms with Crippen LogP contribution in [0.3, 0.4) is 0 Å². The van der Waals surface area contributed by atoms with E-state index < -0.39 is 11.9 Å². The number of carbonyl (C=O) groups is 2. The van der Waals surface area contributed by atoms with E-state index in [-0.39, 0.29) is 18.8 Å². The lowest BCUT2D eigenvalue weighted by molar-refractivity contribution is -0.146. The highest BCUT2D eigenvalue weighted by Gasteiger charge is 2.27. The first-order valence-corrected chi connectivity index (χ1v) is 6.64. The van der Waals surface area contributed by atoms with Gasteiger partial charge >= 0.3 is 11.9 Å². The van der Waals surface area contributed by atoms with Crippen molar-refractivity contribution in [3.8, 4) is 0 Å². The van der Waals surface area contributed by atoms with Crippen molar-refractivity contribution in [1.82, 2.24) is 5.32 Å². The fourth-order valence-corrected chi connectivity index (χ4v) is 2.34. The van der Waals surface area contributed by atoms with Crippen LogP contribution in [0.4, 0.5) is 0 Å². The van der Waals surface area contributed by atoms with E-state index in [4.69, 9.17) is 9.47 Å². The van der Waals surface area contributed by atoms with E-state index in [0.717, 1.165) is 18.7 Å². The minimum absolute atomic E-state index is 0.0154. The summed E-state index contributed by atoms with van der Waals surface area (Å²) < 4.78 is 9.75. The SMILES string of the molecule is CCOC(=O)C(C(=O)OCC)=C1NCCCS1. The fraction of sp³-hybridized carbons (Fsp3) is 0.636. The lowest BCUT2D eigenvalue weighted by atomic mass is 10.3. The molecular formula is C11H17NO4S. The summed E-state index contributed by atoms with van der Waals surface area (Å²) in [4.78, 5) is 23.4. The van der Waals surface area contributed by atoms with Crippen molar-refractivity contribution < 1.29 is 19.1 Å². The van der Waals surface area contributed by atoms with Gasteiger partial charge in [0, 0.05) is 12.3 Å². The number of thioether (sulfide) groups is 1. The largest absolute Gasteiger partial charge is 0.462 e. The van der Waals surface area contributed by atoms with Gasteiger partial charge in [0.2, 0.25) is 0 Å². The Balaban J connectivity index is 2.91. The van der Waals surface area contributed by atoms with Crippen molar-refractivity contribution in [2.75, 3.05) is 25.5 Å². The van der Waals surface area contributed by atoms with E-state index in [1.165, 1.54) is 11.8 Å². The Labute approximate surface area is 105 Å². The van der Waals surface area contributed by atoms with Gasteiger partial charge in [0.1, 0.15) is 0 Å². The van der Waals surface area contributed by atoms with Crippen LogP contribution in [0.1, 0.15) is 20.3 Å². The van der Waals surface area contributed by atoms with Gasteiger partial charge < -0.3 is 14.8 Å².